The predicted octanol–water partition coefficient (Wildman–Crippen LogP) is 4.81. The molecule has 0 aliphatic heterocycles. The van der Waals surface area contributed by atoms with Crippen molar-refractivity contribution in [2.45, 2.75) is 33.4 Å². The van der Waals surface area contributed by atoms with Gasteiger partial charge in [-0.15, -0.1) is 0 Å². The van der Waals surface area contributed by atoms with E-state index in [1.807, 2.05) is 6.07 Å². The molecule has 1 aromatic carbocycles. The Morgan fingerprint density at radius 1 is 1.19 bits per heavy atom. The van der Waals surface area contributed by atoms with Crippen LogP contribution in [0.3, 0.4) is 0 Å². The summed E-state index contributed by atoms with van der Waals surface area (Å²) in [6.07, 6.45) is -2.69. The van der Waals surface area contributed by atoms with Crippen LogP contribution in [0, 0.1) is 20.8 Å². The molecule has 2 heterocycles. The molecular weight excluding hydrogens is 357 g/mol. The van der Waals surface area contributed by atoms with E-state index in [-0.39, 0.29) is 5.56 Å². The first kappa shape index (κ1) is 18.9. The van der Waals surface area contributed by atoms with Crippen molar-refractivity contribution in [3.63, 3.8) is 0 Å². The van der Waals surface area contributed by atoms with E-state index < -0.39 is 17.7 Å². The van der Waals surface area contributed by atoms with E-state index in [2.05, 4.69) is 4.98 Å². The highest BCUT2D eigenvalue weighted by Crippen LogP contribution is 2.34. The quantitative estimate of drug-likeness (QED) is 0.714. The molecule has 0 saturated heterocycles. The molecule has 0 fully saturated rings. The highest BCUT2D eigenvalue weighted by Gasteiger charge is 2.31. The van der Waals surface area contributed by atoms with E-state index in [1.54, 1.807) is 32.4 Å². The SMILES string of the molecule is Cc1ncc(C(=O)O)c(C)c1Cc1cc2c(C)cc(C(F)(F)F)cc2n1C. The maximum atomic E-state index is 13.1. The molecule has 0 radical (unpaired) electrons. The van der Waals surface area contributed by atoms with Crippen LogP contribution in [0.15, 0.2) is 24.4 Å². The molecule has 3 rings (SSSR count). The second kappa shape index (κ2) is 6.40. The van der Waals surface area contributed by atoms with Crippen LogP contribution in [0.4, 0.5) is 13.2 Å². The van der Waals surface area contributed by atoms with E-state index in [0.717, 1.165) is 28.8 Å². The Morgan fingerprint density at radius 3 is 2.44 bits per heavy atom. The third-order valence-corrected chi connectivity index (χ3v) is 5.06. The molecule has 7 heteroatoms. The van der Waals surface area contributed by atoms with Gasteiger partial charge in [-0.3, -0.25) is 4.98 Å². The van der Waals surface area contributed by atoms with Gasteiger partial charge in [0.1, 0.15) is 0 Å². The molecule has 0 spiro atoms. The van der Waals surface area contributed by atoms with Gasteiger partial charge in [0.25, 0.3) is 0 Å². The zero-order valence-corrected chi connectivity index (χ0v) is 15.4. The van der Waals surface area contributed by atoms with E-state index in [4.69, 9.17) is 0 Å². The van der Waals surface area contributed by atoms with E-state index in [0.29, 0.717) is 28.8 Å². The normalized spacial score (nSPS) is 12.0. The fourth-order valence-corrected chi connectivity index (χ4v) is 3.42. The van der Waals surface area contributed by atoms with Gasteiger partial charge in [0.05, 0.1) is 11.1 Å². The number of aromatic carboxylic acids is 1. The summed E-state index contributed by atoms with van der Waals surface area (Å²) < 4.78 is 41.1. The number of pyridine rings is 1. The molecule has 1 N–H and O–H groups in total. The van der Waals surface area contributed by atoms with Crippen molar-refractivity contribution < 1.29 is 23.1 Å². The highest BCUT2D eigenvalue weighted by atomic mass is 19.4. The van der Waals surface area contributed by atoms with Crippen molar-refractivity contribution in [2.75, 3.05) is 0 Å². The lowest BCUT2D eigenvalue weighted by Crippen LogP contribution is -2.08. The average molecular weight is 376 g/mol. The number of aryl methyl sites for hydroxylation is 3. The monoisotopic (exact) mass is 376 g/mol. The zero-order chi connectivity index (χ0) is 20.1. The van der Waals surface area contributed by atoms with Gasteiger partial charge in [-0.25, -0.2) is 4.79 Å². The van der Waals surface area contributed by atoms with Gasteiger partial charge in [0.2, 0.25) is 0 Å². The first-order valence-corrected chi connectivity index (χ1v) is 8.35. The number of halogens is 3. The molecule has 0 aliphatic carbocycles. The molecule has 0 aliphatic rings. The van der Waals surface area contributed by atoms with Crippen molar-refractivity contribution in [1.82, 2.24) is 9.55 Å². The highest BCUT2D eigenvalue weighted by molar-refractivity contribution is 5.89. The minimum absolute atomic E-state index is 0.130. The number of carbonyl (C=O) groups is 1. The van der Waals surface area contributed by atoms with Crippen LogP contribution in [-0.4, -0.2) is 20.6 Å². The summed E-state index contributed by atoms with van der Waals surface area (Å²) in [5.74, 6) is -1.05. The molecule has 142 valence electrons. The summed E-state index contributed by atoms with van der Waals surface area (Å²) >= 11 is 0. The van der Waals surface area contributed by atoms with Crippen LogP contribution in [0.1, 0.15) is 44.0 Å². The molecule has 0 unspecified atom stereocenters. The summed E-state index contributed by atoms with van der Waals surface area (Å²) in [7, 11) is 1.72. The number of nitrogens with zero attached hydrogens (tertiary/aromatic N) is 2. The Morgan fingerprint density at radius 2 is 1.85 bits per heavy atom. The number of carboxylic acid groups (broad SMARTS) is 1. The van der Waals surface area contributed by atoms with Crippen LogP contribution in [0.5, 0.6) is 0 Å². The van der Waals surface area contributed by atoms with Crippen molar-refractivity contribution in [3.05, 3.63) is 63.6 Å². The largest absolute Gasteiger partial charge is 0.478 e. The van der Waals surface area contributed by atoms with Crippen LogP contribution >= 0.6 is 0 Å². The Kier molecular flexibility index (Phi) is 4.49. The molecule has 0 atom stereocenters. The molecule has 0 bridgehead atoms. The number of aromatic nitrogens is 2. The van der Waals surface area contributed by atoms with E-state index >= 15 is 0 Å². The first-order chi connectivity index (χ1) is 12.5. The number of hydrogen-bond acceptors (Lipinski definition) is 2. The molecule has 2 aromatic heterocycles. The lowest BCUT2D eigenvalue weighted by molar-refractivity contribution is -0.137. The first-order valence-electron chi connectivity index (χ1n) is 8.35. The van der Waals surface area contributed by atoms with Crippen LogP contribution in [0.25, 0.3) is 10.9 Å². The number of rotatable bonds is 3. The van der Waals surface area contributed by atoms with Crippen molar-refractivity contribution >= 4 is 16.9 Å². The maximum absolute atomic E-state index is 13.1. The summed E-state index contributed by atoms with van der Waals surface area (Å²) in [6.45, 7) is 5.18. The van der Waals surface area contributed by atoms with Crippen LogP contribution in [0.2, 0.25) is 0 Å². The third-order valence-electron chi connectivity index (χ3n) is 5.06. The average Bonchev–Trinajstić information content (AvgIpc) is 2.87. The standard InChI is InChI=1S/C20H19F3N2O2/c1-10-5-13(20(21,22)23)6-18-15(10)7-14(25(18)4)8-16-11(2)17(19(26)27)9-24-12(16)3/h5-7,9H,8H2,1-4H3,(H,26,27). The number of alkyl halides is 3. The Balaban J connectivity index is 2.15. The topological polar surface area (TPSA) is 55.1 Å². The number of fused-ring (bicyclic) bond motifs is 1. The fourth-order valence-electron chi connectivity index (χ4n) is 3.42. The Labute approximate surface area is 154 Å². The van der Waals surface area contributed by atoms with Gasteiger partial charge in [-0.05, 0) is 55.7 Å². The van der Waals surface area contributed by atoms with E-state index in [9.17, 15) is 23.1 Å². The van der Waals surface area contributed by atoms with Gasteiger partial charge in [0, 0.05) is 42.0 Å². The third kappa shape index (κ3) is 3.29. The van der Waals surface area contributed by atoms with Crippen molar-refractivity contribution in [3.8, 4) is 0 Å². The molecule has 27 heavy (non-hydrogen) atoms. The number of hydrogen-bond donors (Lipinski definition) is 1. The maximum Gasteiger partial charge on any atom is 0.416 e. The van der Waals surface area contributed by atoms with Crippen LogP contribution < -0.4 is 0 Å². The van der Waals surface area contributed by atoms with Gasteiger partial charge >= 0.3 is 12.1 Å². The minimum Gasteiger partial charge on any atom is -0.478 e. The number of carboxylic acids is 1. The zero-order valence-electron chi connectivity index (χ0n) is 15.4. The molecule has 4 nitrogen and oxygen atoms in total. The number of benzene rings is 1. The van der Waals surface area contributed by atoms with Crippen molar-refractivity contribution in [2.24, 2.45) is 7.05 Å². The van der Waals surface area contributed by atoms with Crippen LogP contribution in [-0.2, 0) is 19.6 Å². The van der Waals surface area contributed by atoms with Crippen molar-refractivity contribution in [1.29, 1.82) is 0 Å². The lowest BCUT2D eigenvalue weighted by atomic mass is 9.98. The van der Waals surface area contributed by atoms with Gasteiger partial charge in [0.15, 0.2) is 0 Å². The minimum atomic E-state index is -4.41. The summed E-state index contributed by atoms with van der Waals surface area (Å²) in [5, 5.41) is 10.1. The Hall–Kier alpha value is -2.83. The second-order valence-corrected chi connectivity index (χ2v) is 6.76. The lowest BCUT2D eigenvalue weighted by Gasteiger charge is -2.13. The van der Waals surface area contributed by atoms with Gasteiger partial charge in [-0.1, -0.05) is 0 Å². The molecule has 0 amide bonds. The van der Waals surface area contributed by atoms with E-state index in [1.165, 1.54) is 6.20 Å². The fraction of sp³-hybridized carbons (Fsp3) is 0.300. The predicted molar refractivity (Wildman–Crippen MR) is 96.1 cm³/mol. The second-order valence-electron chi connectivity index (χ2n) is 6.76. The molecular formula is C20H19F3N2O2. The van der Waals surface area contributed by atoms with Gasteiger partial charge in [-0.2, -0.15) is 13.2 Å². The van der Waals surface area contributed by atoms with Gasteiger partial charge < -0.3 is 9.67 Å². The summed E-state index contributed by atoms with van der Waals surface area (Å²) in [6, 6.07) is 4.16. The molecule has 0 saturated carbocycles. The molecule has 3 aromatic rings. The summed E-state index contributed by atoms with van der Waals surface area (Å²) in [5.41, 5.74) is 3.38. The smallest absolute Gasteiger partial charge is 0.416 e. The summed E-state index contributed by atoms with van der Waals surface area (Å²) in [4.78, 5) is 15.5. The Bertz CT molecular complexity index is 1070.